The van der Waals surface area contributed by atoms with Crippen molar-refractivity contribution in [2.24, 2.45) is 0 Å². The van der Waals surface area contributed by atoms with E-state index in [0.29, 0.717) is 33.8 Å². The van der Waals surface area contributed by atoms with Crippen LogP contribution in [0.15, 0.2) is 69.9 Å². The number of nitrogens with zero attached hydrogens (tertiary/aromatic N) is 1. The Morgan fingerprint density at radius 3 is 2.52 bits per heavy atom. The van der Waals surface area contributed by atoms with Gasteiger partial charge in [-0.1, -0.05) is 53.6 Å². The number of hydrogen-bond acceptors (Lipinski definition) is 4. The number of halogens is 1. The van der Waals surface area contributed by atoms with Crippen LogP contribution >= 0.6 is 11.6 Å². The summed E-state index contributed by atoms with van der Waals surface area (Å²) in [4.78, 5) is 29.0. The van der Waals surface area contributed by atoms with Crippen molar-refractivity contribution in [3.8, 4) is 5.75 Å². The van der Waals surface area contributed by atoms with Gasteiger partial charge in [0.25, 0.3) is 5.91 Å². The Morgan fingerprint density at radius 1 is 1.03 bits per heavy atom. The summed E-state index contributed by atoms with van der Waals surface area (Å²) in [6.07, 6.45) is 0. The lowest BCUT2D eigenvalue weighted by atomic mass is 9.97. The molecule has 1 amide bonds. The van der Waals surface area contributed by atoms with Crippen molar-refractivity contribution in [2.75, 3.05) is 7.11 Å². The number of carbonyl (C=O) groups is 1. The van der Waals surface area contributed by atoms with E-state index in [1.165, 1.54) is 0 Å². The fourth-order valence-electron chi connectivity index (χ4n) is 4.35. The molecule has 4 aromatic rings. The van der Waals surface area contributed by atoms with Crippen molar-refractivity contribution < 1.29 is 13.9 Å². The highest BCUT2D eigenvalue weighted by molar-refractivity contribution is 6.32. The van der Waals surface area contributed by atoms with Gasteiger partial charge in [-0.2, -0.15) is 0 Å². The number of methoxy groups -OCH3 is 1. The molecular weight excluding hydrogens is 438 g/mol. The van der Waals surface area contributed by atoms with E-state index in [9.17, 15) is 9.59 Å². The van der Waals surface area contributed by atoms with Crippen LogP contribution in [0.4, 0.5) is 0 Å². The largest absolute Gasteiger partial charge is 0.497 e. The molecular formula is C27H22ClNO4. The lowest BCUT2D eigenvalue weighted by Gasteiger charge is -2.25. The van der Waals surface area contributed by atoms with E-state index >= 15 is 0 Å². The molecule has 2 heterocycles. The standard InChI is InChI=1S/C27H22ClNO4/c1-15-7-9-17(10-8-15)14-29-24(18-5-4-6-19(12-18)32-3)23-25(30)20-13-21(28)16(2)11-22(20)33-26(23)27(29)31/h4-13,24H,14H2,1-3H3. The quantitative estimate of drug-likeness (QED) is 0.386. The molecule has 0 fully saturated rings. The van der Waals surface area contributed by atoms with Crippen LogP contribution in [0.3, 0.4) is 0 Å². The highest BCUT2D eigenvalue weighted by Crippen LogP contribution is 2.40. The van der Waals surface area contributed by atoms with Crippen LogP contribution in [-0.4, -0.2) is 17.9 Å². The van der Waals surface area contributed by atoms with Gasteiger partial charge in [-0.3, -0.25) is 9.59 Å². The molecule has 5 rings (SSSR count). The zero-order chi connectivity index (χ0) is 23.3. The number of ether oxygens (including phenoxy) is 1. The molecule has 0 bridgehead atoms. The minimum atomic E-state index is -0.607. The van der Waals surface area contributed by atoms with Crippen LogP contribution in [0, 0.1) is 13.8 Å². The van der Waals surface area contributed by atoms with Gasteiger partial charge in [0.1, 0.15) is 11.3 Å². The van der Waals surface area contributed by atoms with E-state index in [4.69, 9.17) is 20.8 Å². The normalized spacial score (nSPS) is 15.2. The Hall–Kier alpha value is -3.57. The molecule has 1 unspecified atom stereocenters. The molecule has 1 aliphatic rings. The lowest BCUT2D eigenvalue weighted by molar-refractivity contribution is 0.0714. The highest BCUT2D eigenvalue weighted by atomic mass is 35.5. The van der Waals surface area contributed by atoms with Crippen molar-refractivity contribution in [3.05, 3.63) is 109 Å². The number of fused-ring (bicyclic) bond motifs is 2. The molecule has 1 atom stereocenters. The smallest absolute Gasteiger partial charge is 0.291 e. The number of hydrogen-bond donors (Lipinski definition) is 0. The monoisotopic (exact) mass is 459 g/mol. The minimum absolute atomic E-state index is 0.0779. The molecule has 1 aliphatic heterocycles. The van der Waals surface area contributed by atoms with Gasteiger partial charge < -0.3 is 14.1 Å². The maximum atomic E-state index is 13.7. The molecule has 0 saturated heterocycles. The number of amides is 1. The van der Waals surface area contributed by atoms with E-state index < -0.39 is 6.04 Å². The molecule has 0 N–H and O–H groups in total. The summed E-state index contributed by atoms with van der Waals surface area (Å²) in [5, 5.41) is 0.843. The second-order valence-electron chi connectivity index (χ2n) is 8.37. The molecule has 166 valence electrons. The van der Waals surface area contributed by atoms with Gasteiger partial charge in [-0.15, -0.1) is 0 Å². The average molecular weight is 460 g/mol. The zero-order valence-corrected chi connectivity index (χ0v) is 19.3. The van der Waals surface area contributed by atoms with Gasteiger partial charge in [-0.25, -0.2) is 0 Å². The van der Waals surface area contributed by atoms with Crippen molar-refractivity contribution in [1.29, 1.82) is 0 Å². The summed E-state index contributed by atoms with van der Waals surface area (Å²) in [6, 6.07) is 18.1. The van der Waals surface area contributed by atoms with Crippen LogP contribution in [0.2, 0.25) is 5.02 Å². The lowest BCUT2D eigenvalue weighted by Crippen LogP contribution is -2.29. The molecule has 0 radical (unpaired) electrons. The molecule has 5 nitrogen and oxygen atoms in total. The first-order chi connectivity index (χ1) is 15.9. The Balaban J connectivity index is 1.74. The first-order valence-electron chi connectivity index (χ1n) is 10.6. The fraction of sp³-hybridized carbons (Fsp3) is 0.185. The number of aryl methyl sites for hydroxylation is 2. The van der Waals surface area contributed by atoms with Crippen molar-refractivity contribution in [3.63, 3.8) is 0 Å². The second-order valence-corrected chi connectivity index (χ2v) is 8.78. The fourth-order valence-corrected chi connectivity index (χ4v) is 4.52. The first-order valence-corrected chi connectivity index (χ1v) is 11.0. The van der Waals surface area contributed by atoms with Crippen LogP contribution in [0.25, 0.3) is 11.0 Å². The van der Waals surface area contributed by atoms with Gasteiger partial charge >= 0.3 is 0 Å². The van der Waals surface area contributed by atoms with Crippen LogP contribution in [-0.2, 0) is 6.54 Å². The molecule has 0 saturated carbocycles. The van der Waals surface area contributed by atoms with E-state index in [1.54, 1.807) is 24.1 Å². The third kappa shape index (κ3) is 3.58. The van der Waals surface area contributed by atoms with Crippen molar-refractivity contribution >= 4 is 28.5 Å². The average Bonchev–Trinajstić information content (AvgIpc) is 3.08. The summed E-state index contributed by atoms with van der Waals surface area (Å²) >= 11 is 6.31. The highest BCUT2D eigenvalue weighted by Gasteiger charge is 2.42. The van der Waals surface area contributed by atoms with Gasteiger partial charge in [-0.05, 0) is 54.8 Å². The third-order valence-corrected chi connectivity index (χ3v) is 6.54. The molecule has 33 heavy (non-hydrogen) atoms. The Labute approximate surface area is 196 Å². The minimum Gasteiger partial charge on any atom is -0.497 e. The molecule has 6 heteroatoms. The number of benzene rings is 3. The Kier molecular flexibility index (Phi) is 5.22. The van der Waals surface area contributed by atoms with Crippen molar-refractivity contribution in [2.45, 2.75) is 26.4 Å². The maximum absolute atomic E-state index is 13.7. The molecule has 0 spiro atoms. The second kappa shape index (κ2) is 8.09. The topological polar surface area (TPSA) is 59.8 Å². The van der Waals surface area contributed by atoms with Crippen LogP contribution in [0.1, 0.15) is 44.4 Å². The van der Waals surface area contributed by atoms with E-state index in [0.717, 1.165) is 22.3 Å². The molecule has 0 aliphatic carbocycles. The van der Waals surface area contributed by atoms with Crippen molar-refractivity contribution in [1.82, 2.24) is 4.90 Å². The van der Waals surface area contributed by atoms with E-state index in [2.05, 4.69) is 0 Å². The Bertz CT molecular complexity index is 1460. The van der Waals surface area contributed by atoms with E-state index in [1.807, 2.05) is 62.4 Å². The molecule has 3 aromatic carbocycles. The summed E-state index contributed by atoms with van der Waals surface area (Å²) in [7, 11) is 1.59. The van der Waals surface area contributed by atoms with Crippen LogP contribution < -0.4 is 10.2 Å². The van der Waals surface area contributed by atoms with Crippen LogP contribution in [0.5, 0.6) is 5.75 Å². The predicted molar refractivity (Wildman–Crippen MR) is 128 cm³/mol. The Morgan fingerprint density at radius 2 is 1.79 bits per heavy atom. The van der Waals surface area contributed by atoms with Gasteiger partial charge in [0.15, 0.2) is 5.43 Å². The van der Waals surface area contributed by atoms with Gasteiger partial charge in [0.2, 0.25) is 5.76 Å². The first kappa shape index (κ1) is 21.3. The summed E-state index contributed by atoms with van der Waals surface area (Å²) in [6.45, 7) is 4.18. The summed E-state index contributed by atoms with van der Waals surface area (Å²) in [5.74, 6) is 0.409. The molecule has 1 aromatic heterocycles. The zero-order valence-electron chi connectivity index (χ0n) is 18.5. The van der Waals surface area contributed by atoms with Gasteiger partial charge in [0.05, 0.1) is 24.1 Å². The van der Waals surface area contributed by atoms with Gasteiger partial charge in [0, 0.05) is 11.6 Å². The maximum Gasteiger partial charge on any atom is 0.291 e. The number of rotatable bonds is 4. The number of carbonyl (C=O) groups excluding carboxylic acids is 1. The predicted octanol–water partition coefficient (Wildman–Crippen LogP) is 5.82. The third-order valence-electron chi connectivity index (χ3n) is 6.13. The van der Waals surface area contributed by atoms with E-state index in [-0.39, 0.29) is 17.1 Å². The summed E-state index contributed by atoms with van der Waals surface area (Å²) in [5.41, 5.74) is 4.08. The SMILES string of the molecule is COc1cccc(C2c3c(oc4cc(C)c(Cl)cc4c3=O)C(=O)N2Cc2ccc(C)cc2)c1. The summed E-state index contributed by atoms with van der Waals surface area (Å²) < 4.78 is 11.5.